The van der Waals surface area contributed by atoms with Gasteiger partial charge in [0.1, 0.15) is 11.5 Å². The average molecular weight is 477 g/mol. The Morgan fingerprint density at radius 3 is 2.74 bits per heavy atom. The monoisotopic (exact) mass is 476 g/mol. The van der Waals surface area contributed by atoms with Crippen LogP contribution in [0.15, 0.2) is 63.0 Å². The fourth-order valence-corrected chi connectivity index (χ4v) is 4.44. The number of para-hydroxylation sites is 1. The van der Waals surface area contributed by atoms with Crippen LogP contribution < -0.4 is 15.6 Å². The third-order valence-electron chi connectivity index (χ3n) is 5.20. The molecule has 0 atom stereocenters. The van der Waals surface area contributed by atoms with Crippen LogP contribution in [0, 0.1) is 13.8 Å². The van der Waals surface area contributed by atoms with E-state index in [0.717, 1.165) is 5.56 Å². The van der Waals surface area contributed by atoms with Crippen molar-refractivity contribution in [3.8, 4) is 11.4 Å². The molecule has 0 bridgehead atoms. The van der Waals surface area contributed by atoms with Gasteiger partial charge < -0.3 is 14.6 Å². The lowest BCUT2D eigenvalue weighted by atomic mass is 10.2. The van der Waals surface area contributed by atoms with Crippen LogP contribution in [0.2, 0.25) is 0 Å². The number of anilines is 1. The Morgan fingerprint density at radius 1 is 1.15 bits per heavy atom. The molecule has 10 nitrogen and oxygen atoms in total. The summed E-state index contributed by atoms with van der Waals surface area (Å²) in [7, 11) is 1.55. The summed E-state index contributed by atoms with van der Waals surface area (Å²) in [5.74, 6) is 1.59. The van der Waals surface area contributed by atoms with Gasteiger partial charge in [0.15, 0.2) is 11.0 Å². The summed E-state index contributed by atoms with van der Waals surface area (Å²) in [6, 6.07) is 14.4. The van der Waals surface area contributed by atoms with E-state index in [2.05, 4.69) is 20.7 Å². The van der Waals surface area contributed by atoms with Crippen molar-refractivity contribution >= 4 is 40.2 Å². The van der Waals surface area contributed by atoms with E-state index in [0.29, 0.717) is 44.9 Å². The SMILES string of the molecule is COc1ccc(C)cc1-n1c(=O)c2ccccc2n2c(SCC(=O)Nc3cc(C)on3)nnc12. The number of hydrogen-bond donors (Lipinski definition) is 1. The van der Waals surface area contributed by atoms with Crippen LogP contribution >= 0.6 is 11.8 Å². The molecule has 3 aromatic heterocycles. The van der Waals surface area contributed by atoms with E-state index in [4.69, 9.17) is 9.26 Å². The first-order chi connectivity index (χ1) is 16.5. The number of ether oxygens (including phenoxy) is 1. The van der Waals surface area contributed by atoms with Gasteiger partial charge >= 0.3 is 0 Å². The molecule has 0 radical (unpaired) electrons. The molecule has 172 valence electrons. The molecule has 1 amide bonds. The molecule has 3 heterocycles. The van der Waals surface area contributed by atoms with Crippen LogP contribution in [0.1, 0.15) is 11.3 Å². The molecular formula is C23H20N6O4S. The maximum absolute atomic E-state index is 13.5. The number of carbonyl (C=O) groups is 1. The maximum Gasteiger partial charge on any atom is 0.267 e. The Labute approximate surface area is 197 Å². The van der Waals surface area contributed by atoms with Crippen LogP contribution in [0.4, 0.5) is 5.82 Å². The summed E-state index contributed by atoms with van der Waals surface area (Å²) < 4.78 is 13.8. The molecule has 1 N–H and O–H groups in total. The molecule has 0 fully saturated rings. The second-order valence-electron chi connectivity index (χ2n) is 7.61. The maximum atomic E-state index is 13.5. The number of rotatable bonds is 6. The lowest BCUT2D eigenvalue weighted by Crippen LogP contribution is -2.22. The van der Waals surface area contributed by atoms with Gasteiger partial charge in [-0.25, -0.2) is 4.57 Å². The van der Waals surface area contributed by atoms with E-state index in [9.17, 15) is 9.59 Å². The minimum absolute atomic E-state index is 0.0634. The number of hydrogen-bond acceptors (Lipinski definition) is 8. The first-order valence-corrected chi connectivity index (χ1v) is 11.3. The highest BCUT2D eigenvalue weighted by atomic mass is 32.2. The summed E-state index contributed by atoms with van der Waals surface area (Å²) in [5.41, 5.74) is 1.93. The summed E-state index contributed by atoms with van der Waals surface area (Å²) in [6.45, 7) is 3.68. The summed E-state index contributed by atoms with van der Waals surface area (Å²) in [5, 5.41) is 16.0. The Hall–Kier alpha value is -4.12. The second kappa shape index (κ2) is 8.67. The molecule has 0 spiro atoms. The number of nitrogens with zero attached hydrogens (tertiary/aromatic N) is 5. The first kappa shape index (κ1) is 21.7. The number of aryl methyl sites for hydroxylation is 2. The van der Waals surface area contributed by atoms with E-state index >= 15 is 0 Å². The Balaban J connectivity index is 1.61. The molecule has 0 unspecified atom stereocenters. The smallest absolute Gasteiger partial charge is 0.267 e. The van der Waals surface area contributed by atoms with E-state index in [1.165, 1.54) is 16.3 Å². The van der Waals surface area contributed by atoms with Gasteiger partial charge in [-0.2, -0.15) is 0 Å². The third-order valence-corrected chi connectivity index (χ3v) is 6.13. The van der Waals surface area contributed by atoms with E-state index in [1.807, 2.05) is 37.3 Å². The Kier molecular flexibility index (Phi) is 5.54. The minimum Gasteiger partial charge on any atom is -0.495 e. The topological polar surface area (TPSA) is 117 Å². The van der Waals surface area contributed by atoms with Crippen molar-refractivity contribution in [2.24, 2.45) is 0 Å². The number of nitrogens with one attached hydrogen (secondary N) is 1. The van der Waals surface area contributed by atoms with Crippen molar-refractivity contribution < 1.29 is 14.1 Å². The summed E-state index contributed by atoms with van der Waals surface area (Å²) >= 11 is 1.20. The molecule has 2 aromatic carbocycles. The standard InChI is InChI=1S/C23H20N6O4S/c1-13-8-9-18(32-3)17(10-13)28-21(31)15-6-4-5-7-16(15)29-22(28)25-26-23(29)34-12-20(30)24-19-11-14(2)33-27-19/h4-11H,12H2,1-3H3,(H,24,27,30). The van der Waals surface area contributed by atoms with Crippen LogP contribution in [-0.4, -0.2) is 43.1 Å². The Bertz CT molecular complexity index is 1600. The number of methoxy groups -OCH3 is 1. The van der Waals surface area contributed by atoms with Crippen LogP contribution in [0.25, 0.3) is 22.4 Å². The molecule has 0 aliphatic carbocycles. The zero-order chi connectivity index (χ0) is 23.8. The van der Waals surface area contributed by atoms with E-state index in [1.54, 1.807) is 36.6 Å². The minimum atomic E-state index is -0.270. The predicted molar refractivity (Wildman–Crippen MR) is 128 cm³/mol. The largest absolute Gasteiger partial charge is 0.495 e. The summed E-state index contributed by atoms with van der Waals surface area (Å²) in [6.07, 6.45) is 0. The molecular weight excluding hydrogens is 456 g/mol. The van der Waals surface area contributed by atoms with Crippen molar-refractivity contribution in [1.82, 2.24) is 24.3 Å². The summed E-state index contributed by atoms with van der Waals surface area (Å²) in [4.78, 5) is 26.0. The fourth-order valence-electron chi connectivity index (χ4n) is 3.70. The van der Waals surface area contributed by atoms with Crippen molar-refractivity contribution in [1.29, 1.82) is 0 Å². The van der Waals surface area contributed by atoms with E-state index < -0.39 is 0 Å². The van der Waals surface area contributed by atoms with E-state index in [-0.39, 0.29) is 17.2 Å². The third kappa shape index (κ3) is 3.79. The number of benzene rings is 2. The normalized spacial score (nSPS) is 11.3. The molecule has 5 rings (SSSR count). The average Bonchev–Trinajstić information content (AvgIpc) is 3.44. The number of aromatic nitrogens is 5. The van der Waals surface area contributed by atoms with Gasteiger partial charge in [0.05, 0.1) is 29.5 Å². The second-order valence-corrected chi connectivity index (χ2v) is 8.55. The van der Waals surface area contributed by atoms with Gasteiger partial charge in [-0.3, -0.25) is 14.0 Å². The number of fused-ring (bicyclic) bond motifs is 3. The van der Waals surface area contributed by atoms with Gasteiger partial charge in [-0.15, -0.1) is 10.2 Å². The van der Waals surface area contributed by atoms with Gasteiger partial charge in [0.2, 0.25) is 11.7 Å². The lowest BCUT2D eigenvalue weighted by molar-refractivity contribution is -0.113. The zero-order valence-electron chi connectivity index (χ0n) is 18.6. The van der Waals surface area contributed by atoms with Crippen LogP contribution in [-0.2, 0) is 4.79 Å². The molecule has 0 saturated carbocycles. The van der Waals surface area contributed by atoms with Crippen molar-refractivity contribution in [3.05, 3.63) is 70.2 Å². The number of carbonyl (C=O) groups excluding carboxylic acids is 1. The molecule has 0 aliphatic rings. The van der Waals surface area contributed by atoms with Crippen molar-refractivity contribution in [2.75, 3.05) is 18.2 Å². The van der Waals surface area contributed by atoms with Gasteiger partial charge in [-0.05, 0) is 43.7 Å². The molecule has 34 heavy (non-hydrogen) atoms. The quantitative estimate of drug-likeness (QED) is 0.371. The lowest BCUT2D eigenvalue weighted by Gasteiger charge is -2.14. The van der Waals surface area contributed by atoms with Gasteiger partial charge in [-0.1, -0.05) is 35.1 Å². The zero-order valence-corrected chi connectivity index (χ0v) is 19.4. The van der Waals surface area contributed by atoms with Gasteiger partial charge in [0.25, 0.3) is 5.56 Å². The number of amides is 1. The van der Waals surface area contributed by atoms with Crippen molar-refractivity contribution in [2.45, 2.75) is 19.0 Å². The molecule has 5 aromatic rings. The van der Waals surface area contributed by atoms with Crippen LogP contribution in [0.3, 0.4) is 0 Å². The fraction of sp³-hybridized carbons (Fsp3) is 0.174. The number of thioether (sulfide) groups is 1. The van der Waals surface area contributed by atoms with Gasteiger partial charge in [0, 0.05) is 6.07 Å². The molecule has 0 saturated heterocycles. The van der Waals surface area contributed by atoms with Crippen molar-refractivity contribution in [3.63, 3.8) is 0 Å². The van der Waals surface area contributed by atoms with Crippen LogP contribution in [0.5, 0.6) is 5.75 Å². The molecule has 11 heteroatoms. The highest BCUT2D eigenvalue weighted by molar-refractivity contribution is 7.99. The highest BCUT2D eigenvalue weighted by Gasteiger charge is 2.20. The first-order valence-electron chi connectivity index (χ1n) is 10.4. The highest BCUT2D eigenvalue weighted by Crippen LogP contribution is 2.28. The molecule has 0 aliphatic heterocycles. The predicted octanol–water partition coefficient (Wildman–Crippen LogP) is 3.38. The Morgan fingerprint density at radius 2 is 1.97 bits per heavy atom.